The summed E-state index contributed by atoms with van der Waals surface area (Å²) in [5, 5.41) is 6.64. The third-order valence-corrected chi connectivity index (χ3v) is 4.18. The molecule has 0 atom stereocenters. The summed E-state index contributed by atoms with van der Waals surface area (Å²) in [7, 11) is 0. The average Bonchev–Trinajstić information content (AvgIpc) is 2.51. The Morgan fingerprint density at radius 3 is 2.77 bits per heavy atom. The molecule has 1 amide bonds. The predicted molar refractivity (Wildman–Crippen MR) is 94.6 cm³/mol. The van der Waals surface area contributed by atoms with Crippen LogP contribution in [0.4, 0.5) is 17.1 Å². The second-order valence-corrected chi connectivity index (χ2v) is 5.72. The van der Waals surface area contributed by atoms with Crippen LogP contribution < -0.4 is 15.5 Å². The van der Waals surface area contributed by atoms with E-state index in [0.717, 1.165) is 22.6 Å². The molecular weight excluding hydrogens is 294 g/mol. The van der Waals surface area contributed by atoms with Gasteiger partial charge >= 0.3 is 0 Å². The molecule has 1 aliphatic rings. The number of fused-ring (bicyclic) bond motifs is 1. The Balaban J connectivity index is 1.89. The first-order chi connectivity index (χ1) is 10.6. The molecular formula is C17H17N3OS. The van der Waals surface area contributed by atoms with E-state index in [1.54, 1.807) is 0 Å². The summed E-state index contributed by atoms with van der Waals surface area (Å²) in [5.74, 6) is -0.0659. The summed E-state index contributed by atoms with van der Waals surface area (Å²) in [4.78, 5) is 13.7. The number of thiocarbonyl (C=S) groups is 1. The number of aryl methyl sites for hydroxylation is 1. The minimum absolute atomic E-state index is 0.0659. The van der Waals surface area contributed by atoms with Crippen LogP contribution in [-0.2, 0) is 4.79 Å². The van der Waals surface area contributed by atoms with E-state index in [1.807, 2.05) is 41.3 Å². The van der Waals surface area contributed by atoms with Crippen molar-refractivity contribution in [2.75, 3.05) is 22.1 Å². The van der Waals surface area contributed by atoms with Gasteiger partial charge in [0.1, 0.15) is 6.54 Å². The zero-order chi connectivity index (χ0) is 15.7. The quantitative estimate of drug-likeness (QED) is 0.792. The summed E-state index contributed by atoms with van der Waals surface area (Å²) in [6, 6.07) is 13.7. The van der Waals surface area contributed by atoms with E-state index in [2.05, 4.69) is 30.5 Å². The molecule has 2 N–H and O–H groups in total. The molecule has 0 unspecified atom stereocenters. The normalized spacial score (nSPS) is 13.4. The molecule has 22 heavy (non-hydrogen) atoms. The predicted octanol–water partition coefficient (Wildman–Crippen LogP) is 3.46. The van der Waals surface area contributed by atoms with E-state index in [0.29, 0.717) is 5.11 Å². The molecule has 0 aliphatic carbocycles. The molecule has 1 aliphatic heterocycles. The summed E-state index contributed by atoms with van der Waals surface area (Å²) < 4.78 is 0. The van der Waals surface area contributed by atoms with Crippen LogP contribution in [0, 0.1) is 13.8 Å². The Kier molecular flexibility index (Phi) is 3.81. The van der Waals surface area contributed by atoms with Gasteiger partial charge in [-0.15, -0.1) is 0 Å². The topological polar surface area (TPSA) is 44.4 Å². The summed E-state index contributed by atoms with van der Waals surface area (Å²) in [5.41, 5.74) is 5.01. The van der Waals surface area contributed by atoms with Gasteiger partial charge < -0.3 is 15.5 Å². The molecule has 0 saturated carbocycles. The maximum atomic E-state index is 11.9. The Labute approximate surface area is 135 Å². The highest BCUT2D eigenvalue weighted by molar-refractivity contribution is 7.80. The highest BCUT2D eigenvalue weighted by Gasteiger charge is 2.24. The first-order valence-electron chi connectivity index (χ1n) is 7.10. The third kappa shape index (κ3) is 2.67. The molecule has 3 rings (SSSR count). The molecule has 0 fully saturated rings. The van der Waals surface area contributed by atoms with Gasteiger partial charge in [-0.25, -0.2) is 0 Å². The van der Waals surface area contributed by atoms with Crippen molar-refractivity contribution in [1.82, 2.24) is 0 Å². The van der Waals surface area contributed by atoms with Crippen molar-refractivity contribution in [3.8, 4) is 0 Å². The maximum absolute atomic E-state index is 11.9. The molecule has 0 aromatic heterocycles. The van der Waals surface area contributed by atoms with Gasteiger partial charge in [0.25, 0.3) is 0 Å². The average molecular weight is 311 g/mol. The molecule has 4 nitrogen and oxygen atoms in total. The lowest BCUT2D eigenvalue weighted by Crippen LogP contribution is -2.44. The van der Waals surface area contributed by atoms with E-state index in [4.69, 9.17) is 12.2 Å². The standard InChI is InChI=1S/C17H17N3OS/c1-11-6-5-8-13(12(11)2)19-17(22)20-10-16(21)18-14-7-3-4-9-15(14)20/h3-9H,10H2,1-2H3,(H,18,21)(H,19,22). The van der Waals surface area contributed by atoms with Gasteiger partial charge in [0, 0.05) is 5.69 Å². The smallest absolute Gasteiger partial charge is 0.244 e. The number of amides is 1. The molecule has 2 aromatic carbocycles. The highest BCUT2D eigenvalue weighted by atomic mass is 32.1. The van der Waals surface area contributed by atoms with Gasteiger partial charge in [-0.1, -0.05) is 24.3 Å². The minimum Gasteiger partial charge on any atom is -0.332 e. The van der Waals surface area contributed by atoms with Gasteiger partial charge in [0.15, 0.2) is 5.11 Å². The molecule has 5 heteroatoms. The largest absolute Gasteiger partial charge is 0.332 e. The Morgan fingerprint density at radius 1 is 1.18 bits per heavy atom. The fraction of sp³-hybridized carbons (Fsp3) is 0.176. The molecule has 2 aromatic rings. The first-order valence-corrected chi connectivity index (χ1v) is 7.50. The lowest BCUT2D eigenvalue weighted by Gasteiger charge is -2.31. The number of nitrogens with one attached hydrogen (secondary N) is 2. The van der Waals surface area contributed by atoms with Gasteiger partial charge in [-0.3, -0.25) is 4.79 Å². The number of rotatable bonds is 1. The zero-order valence-electron chi connectivity index (χ0n) is 12.5. The van der Waals surface area contributed by atoms with Gasteiger partial charge in [-0.05, 0) is 55.4 Å². The van der Waals surface area contributed by atoms with Crippen LogP contribution in [0.3, 0.4) is 0 Å². The Bertz CT molecular complexity index is 757. The van der Waals surface area contributed by atoms with E-state index >= 15 is 0 Å². The summed E-state index contributed by atoms with van der Waals surface area (Å²) in [6.07, 6.45) is 0. The van der Waals surface area contributed by atoms with Crippen LogP contribution in [0.25, 0.3) is 0 Å². The van der Waals surface area contributed by atoms with Crippen molar-refractivity contribution in [1.29, 1.82) is 0 Å². The minimum atomic E-state index is -0.0659. The van der Waals surface area contributed by atoms with Crippen LogP contribution in [0.2, 0.25) is 0 Å². The second-order valence-electron chi connectivity index (χ2n) is 5.33. The fourth-order valence-corrected chi connectivity index (χ4v) is 2.76. The number of carbonyl (C=O) groups is 1. The van der Waals surface area contributed by atoms with Gasteiger partial charge in [0.2, 0.25) is 5.91 Å². The van der Waals surface area contributed by atoms with Crippen molar-refractivity contribution >= 4 is 40.3 Å². The van der Waals surface area contributed by atoms with Crippen LogP contribution >= 0.6 is 12.2 Å². The zero-order valence-corrected chi connectivity index (χ0v) is 13.3. The second kappa shape index (κ2) is 5.77. The van der Waals surface area contributed by atoms with Crippen molar-refractivity contribution in [2.24, 2.45) is 0 Å². The first kappa shape index (κ1) is 14.5. The maximum Gasteiger partial charge on any atom is 0.244 e. The highest BCUT2D eigenvalue weighted by Crippen LogP contribution is 2.29. The van der Waals surface area contributed by atoms with E-state index in [9.17, 15) is 4.79 Å². The molecule has 0 radical (unpaired) electrons. The number of anilines is 3. The Hall–Kier alpha value is -2.40. The fourth-order valence-electron chi connectivity index (χ4n) is 2.48. The number of benzene rings is 2. The van der Waals surface area contributed by atoms with E-state index in [1.165, 1.54) is 5.56 Å². The van der Waals surface area contributed by atoms with Crippen LogP contribution in [0.1, 0.15) is 11.1 Å². The van der Waals surface area contributed by atoms with E-state index < -0.39 is 0 Å². The molecule has 0 saturated heterocycles. The number of hydrogen-bond donors (Lipinski definition) is 2. The number of para-hydroxylation sites is 2. The summed E-state index contributed by atoms with van der Waals surface area (Å²) >= 11 is 5.52. The molecule has 0 spiro atoms. The Morgan fingerprint density at radius 2 is 1.95 bits per heavy atom. The molecule has 112 valence electrons. The van der Waals surface area contributed by atoms with Gasteiger partial charge in [0.05, 0.1) is 11.4 Å². The van der Waals surface area contributed by atoms with Crippen molar-refractivity contribution in [2.45, 2.75) is 13.8 Å². The molecule has 0 bridgehead atoms. The van der Waals surface area contributed by atoms with Crippen LogP contribution in [0.5, 0.6) is 0 Å². The molecule has 1 heterocycles. The lowest BCUT2D eigenvalue weighted by molar-refractivity contribution is -0.115. The number of carbonyl (C=O) groups excluding carboxylic acids is 1. The van der Waals surface area contributed by atoms with Crippen LogP contribution in [0.15, 0.2) is 42.5 Å². The monoisotopic (exact) mass is 311 g/mol. The number of hydrogen-bond acceptors (Lipinski definition) is 2. The SMILES string of the molecule is Cc1cccc(NC(=S)N2CC(=O)Nc3ccccc32)c1C. The lowest BCUT2D eigenvalue weighted by atomic mass is 10.1. The van der Waals surface area contributed by atoms with Gasteiger partial charge in [-0.2, -0.15) is 0 Å². The number of nitrogens with zero attached hydrogens (tertiary/aromatic N) is 1. The van der Waals surface area contributed by atoms with Crippen molar-refractivity contribution in [3.63, 3.8) is 0 Å². The third-order valence-electron chi connectivity index (χ3n) is 3.86. The van der Waals surface area contributed by atoms with E-state index in [-0.39, 0.29) is 12.5 Å². The van der Waals surface area contributed by atoms with Crippen molar-refractivity contribution in [3.05, 3.63) is 53.6 Å². The summed E-state index contributed by atoms with van der Waals surface area (Å²) in [6.45, 7) is 4.33. The van der Waals surface area contributed by atoms with Crippen molar-refractivity contribution < 1.29 is 4.79 Å². The van der Waals surface area contributed by atoms with Crippen LogP contribution in [-0.4, -0.2) is 17.6 Å².